The molecule has 1 saturated heterocycles. The van der Waals surface area contributed by atoms with Crippen LogP contribution in [0.15, 0.2) is 91.0 Å². The van der Waals surface area contributed by atoms with Gasteiger partial charge in [0.2, 0.25) is 11.8 Å². The van der Waals surface area contributed by atoms with Crippen molar-refractivity contribution in [1.82, 2.24) is 15.2 Å². The van der Waals surface area contributed by atoms with E-state index >= 15 is 0 Å². The third kappa shape index (κ3) is 6.79. The quantitative estimate of drug-likeness (QED) is 0.184. The van der Waals surface area contributed by atoms with Crippen molar-refractivity contribution < 1.29 is 22.7 Å². The van der Waals surface area contributed by atoms with Crippen molar-refractivity contribution in [2.24, 2.45) is 0 Å². The highest BCUT2D eigenvalue weighted by Gasteiger charge is 2.49. The molecule has 1 aliphatic carbocycles. The maximum absolute atomic E-state index is 13.7. The van der Waals surface area contributed by atoms with E-state index in [4.69, 9.17) is 21.3 Å². The van der Waals surface area contributed by atoms with Gasteiger partial charge in [-0.05, 0) is 72.0 Å². The van der Waals surface area contributed by atoms with E-state index in [1.165, 1.54) is 0 Å². The molecule has 45 heavy (non-hydrogen) atoms. The molecular weight excluding hydrogens is 601 g/mol. The summed E-state index contributed by atoms with van der Waals surface area (Å²) in [6.45, 7) is 2.81. The molecule has 0 saturated carbocycles. The third-order valence-corrected chi connectivity index (χ3v) is 8.87. The molecule has 0 unspecified atom stereocenters. The molecular formula is C35H34ClF3N4O2. The van der Waals surface area contributed by atoms with Crippen LogP contribution in [-0.2, 0) is 10.2 Å². The molecule has 0 atom stereocenters. The Morgan fingerprint density at radius 1 is 0.844 bits per heavy atom. The second-order valence-corrected chi connectivity index (χ2v) is 11.9. The van der Waals surface area contributed by atoms with Gasteiger partial charge in [0, 0.05) is 37.3 Å². The van der Waals surface area contributed by atoms with Crippen molar-refractivity contribution >= 4 is 23.3 Å². The van der Waals surface area contributed by atoms with Crippen molar-refractivity contribution in [2.45, 2.75) is 30.9 Å². The first kappa shape index (κ1) is 30.9. The number of carbonyl (C=O) groups is 1. The first-order valence-electron chi connectivity index (χ1n) is 15.2. The summed E-state index contributed by atoms with van der Waals surface area (Å²) in [7, 11) is 0. The zero-order valence-electron chi connectivity index (χ0n) is 24.7. The topological polar surface area (TPSA) is 57.7 Å². The van der Waals surface area contributed by atoms with E-state index in [-0.39, 0.29) is 0 Å². The summed E-state index contributed by atoms with van der Waals surface area (Å²) < 4.78 is 45.4. The lowest BCUT2D eigenvalue weighted by molar-refractivity contribution is -0.141. The number of anilines is 1. The summed E-state index contributed by atoms with van der Waals surface area (Å²) in [4.78, 5) is 23.0. The summed E-state index contributed by atoms with van der Waals surface area (Å²) in [5.74, 6) is 1.44. The molecule has 3 aromatic carbocycles. The summed E-state index contributed by atoms with van der Waals surface area (Å²) >= 11 is 5.97. The van der Waals surface area contributed by atoms with Gasteiger partial charge >= 0.3 is 6.18 Å². The van der Waals surface area contributed by atoms with E-state index in [2.05, 4.69) is 15.1 Å². The van der Waals surface area contributed by atoms with Gasteiger partial charge in [-0.1, -0.05) is 72.6 Å². The maximum atomic E-state index is 13.7. The minimum atomic E-state index is -4.49. The fraction of sp³-hybridized carbons (Fsp3) is 0.314. The zero-order valence-corrected chi connectivity index (χ0v) is 25.5. The van der Waals surface area contributed by atoms with Crippen LogP contribution in [0.4, 0.5) is 19.0 Å². The maximum Gasteiger partial charge on any atom is 0.405 e. The normalized spacial score (nSPS) is 15.8. The number of hydrogen-bond donors (Lipinski definition) is 1. The SMILES string of the molecule is O=C(NCC(F)(F)F)C1(CCCCN2CCN(c3cccc(Oc4ccc(Cl)cc4)n3)CC2)c2ccccc2-c2ccccc21. The molecule has 6 nitrogen and oxygen atoms in total. The molecule has 1 aromatic heterocycles. The lowest BCUT2D eigenvalue weighted by atomic mass is 9.73. The highest BCUT2D eigenvalue weighted by atomic mass is 35.5. The zero-order chi connectivity index (χ0) is 31.4. The molecule has 10 heteroatoms. The Bertz CT molecular complexity index is 1590. The number of alkyl halides is 3. The Morgan fingerprint density at radius 3 is 2.13 bits per heavy atom. The second kappa shape index (κ2) is 13.1. The van der Waals surface area contributed by atoms with E-state index in [1.54, 1.807) is 24.3 Å². The standard InChI is InChI=1S/C35H34ClF3N4O2/c36-25-14-16-26(17-15-25)45-32-13-7-12-31(41-32)43-22-20-42(21-23-43)19-6-5-18-34(33(44)40-24-35(37,38)39)29-10-3-1-8-27(29)28-9-2-4-11-30(28)34/h1-4,7-17H,5-6,18-24H2,(H,40,44). The Labute approximate surface area is 265 Å². The molecule has 0 radical (unpaired) electrons. The largest absolute Gasteiger partial charge is 0.439 e. The second-order valence-electron chi connectivity index (χ2n) is 11.5. The molecule has 2 heterocycles. The monoisotopic (exact) mass is 634 g/mol. The van der Waals surface area contributed by atoms with Crippen LogP contribution in [0.1, 0.15) is 30.4 Å². The average Bonchev–Trinajstić information content (AvgIpc) is 3.34. The molecule has 1 N–H and O–H groups in total. The Hall–Kier alpha value is -4.08. The number of benzene rings is 3. The number of pyridine rings is 1. The van der Waals surface area contributed by atoms with E-state index < -0.39 is 24.0 Å². The van der Waals surface area contributed by atoms with E-state index in [1.807, 2.05) is 66.7 Å². The predicted molar refractivity (Wildman–Crippen MR) is 170 cm³/mol. The van der Waals surface area contributed by atoms with Crippen LogP contribution in [0, 0.1) is 0 Å². The molecule has 0 bridgehead atoms. The number of amides is 1. The van der Waals surface area contributed by atoms with Crippen molar-refractivity contribution in [1.29, 1.82) is 0 Å². The van der Waals surface area contributed by atoms with Gasteiger partial charge in [0.1, 0.15) is 23.5 Å². The molecule has 1 amide bonds. The average molecular weight is 635 g/mol. The predicted octanol–water partition coefficient (Wildman–Crippen LogP) is 7.46. The lowest BCUT2D eigenvalue weighted by Gasteiger charge is -2.36. The number of aromatic nitrogens is 1. The smallest absolute Gasteiger partial charge is 0.405 e. The summed E-state index contributed by atoms with van der Waals surface area (Å²) in [5.41, 5.74) is 2.19. The minimum absolute atomic E-state index is 0.426. The molecule has 4 aromatic rings. The molecule has 1 fully saturated rings. The molecule has 6 rings (SSSR count). The van der Waals surface area contributed by atoms with Gasteiger partial charge < -0.3 is 15.0 Å². The van der Waals surface area contributed by atoms with Gasteiger partial charge in [-0.2, -0.15) is 18.2 Å². The van der Waals surface area contributed by atoms with Crippen LogP contribution in [0.3, 0.4) is 0 Å². The van der Waals surface area contributed by atoms with E-state index in [0.717, 1.165) is 67.2 Å². The van der Waals surface area contributed by atoms with E-state index in [0.29, 0.717) is 29.5 Å². The molecule has 2 aliphatic rings. The van der Waals surface area contributed by atoms with Crippen LogP contribution >= 0.6 is 11.6 Å². The summed E-state index contributed by atoms with van der Waals surface area (Å²) in [6, 6.07) is 28.0. The Kier molecular flexibility index (Phi) is 9.01. The minimum Gasteiger partial charge on any atom is -0.439 e. The van der Waals surface area contributed by atoms with Crippen LogP contribution in [0.25, 0.3) is 11.1 Å². The van der Waals surface area contributed by atoms with Crippen LogP contribution in [-0.4, -0.2) is 61.2 Å². The number of nitrogens with one attached hydrogen (secondary N) is 1. The van der Waals surface area contributed by atoms with Gasteiger partial charge in [0.25, 0.3) is 0 Å². The van der Waals surface area contributed by atoms with Crippen LogP contribution in [0.5, 0.6) is 11.6 Å². The highest BCUT2D eigenvalue weighted by molar-refractivity contribution is 6.30. The number of piperazine rings is 1. The first-order valence-corrected chi connectivity index (χ1v) is 15.5. The Morgan fingerprint density at radius 2 is 1.49 bits per heavy atom. The van der Waals surface area contributed by atoms with Crippen LogP contribution < -0.4 is 15.0 Å². The van der Waals surface area contributed by atoms with Gasteiger partial charge in [-0.3, -0.25) is 9.69 Å². The van der Waals surface area contributed by atoms with Gasteiger partial charge in [-0.15, -0.1) is 0 Å². The number of rotatable bonds is 10. The number of carbonyl (C=O) groups excluding carboxylic acids is 1. The fourth-order valence-electron chi connectivity index (χ4n) is 6.47. The fourth-order valence-corrected chi connectivity index (χ4v) is 6.60. The van der Waals surface area contributed by atoms with Gasteiger partial charge in [0.05, 0.1) is 0 Å². The van der Waals surface area contributed by atoms with Crippen LogP contribution in [0.2, 0.25) is 5.02 Å². The number of halogens is 4. The number of fused-ring (bicyclic) bond motifs is 3. The molecule has 234 valence electrons. The summed E-state index contributed by atoms with van der Waals surface area (Å²) in [5, 5.41) is 2.86. The Balaban J connectivity index is 1.07. The number of hydrogen-bond acceptors (Lipinski definition) is 5. The van der Waals surface area contributed by atoms with Crippen molar-refractivity contribution in [3.05, 3.63) is 107 Å². The molecule has 0 spiro atoms. The van der Waals surface area contributed by atoms with E-state index in [9.17, 15) is 18.0 Å². The summed E-state index contributed by atoms with van der Waals surface area (Å²) in [6.07, 6.45) is -2.55. The molecule has 1 aliphatic heterocycles. The number of nitrogens with zero attached hydrogens (tertiary/aromatic N) is 3. The van der Waals surface area contributed by atoms with Crippen molar-refractivity contribution in [3.63, 3.8) is 0 Å². The number of ether oxygens (including phenoxy) is 1. The third-order valence-electron chi connectivity index (χ3n) is 8.62. The van der Waals surface area contributed by atoms with Crippen molar-refractivity contribution in [2.75, 3.05) is 44.2 Å². The number of unbranched alkanes of at least 4 members (excludes halogenated alkanes) is 1. The van der Waals surface area contributed by atoms with Gasteiger partial charge in [0.15, 0.2) is 0 Å². The first-order chi connectivity index (χ1) is 21.7. The lowest BCUT2D eigenvalue weighted by Crippen LogP contribution is -2.48. The van der Waals surface area contributed by atoms with Gasteiger partial charge in [-0.25, -0.2) is 0 Å². The van der Waals surface area contributed by atoms with Crippen molar-refractivity contribution in [3.8, 4) is 22.8 Å². The highest BCUT2D eigenvalue weighted by Crippen LogP contribution is 2.51.